The van der Waals surface area contributed by atoms with Crippen LogP contribution in [0.3, 0.4) is 0 Å². The predicted molar refractivity (Wildman–Crippen MR) is 121 cm³/mol. The number of hydrogen-bond acceptors (Lipinski definition) is 2. The summed E-state index contributed by atoms with van der Waals surface area (Å²) in [5.41, 5.74) is 7.24. The van der Waals surface area contributed by atoms with E-state index in [1.54, 1.807) is 6.20 Å². The van der Waals surface area contributed by atoms with Crippen LogP contribution in [0.1, 0.15) is 34.7 Å². The van der Waals surface area contributed by atoms with E-state index >= 15 is 0 Å². The summed E-state index contributed by atoms with van der Waals surface area (Å²) in [6.45, 7) is 7.85. The van der Waals surface area contributed by atoms with Gasteiger partial charge in [0, 0.05) is 31.2 Å². The first kappa shape index (κ1) is 20.0. The monoisotopic (exact) mass is 389 g/mol. The van der Waals surface area contributed by atoms with Gasteiger partial charge in [0.15, 0.2) is 5.11 Å². The quantitative estimate of drug-likeness (QED) is 0.551. The second-order valence-electron chi connectivity index (χ2n) is 7.10. The van der Waals surface area contributed by atoms with Crippen molar-refractivity contribution in [1.29, 1.82) is 0 Å². The molecule has 28 heavy (non-hydrogen) atoms. The standard InChI is InChI=1S/C24H27N3S/c1-4-22-9-5-7-19(3)23(22)26-24(28)27(17-21-8-6-14-25-15-21)16-20-12-10-18(2)11-13-20/h5-15H,4,16-17H2,1-3H3,(H,26,28). The van der Waals surface area contributed by atoms with Gasteiger partial charge in [-0.15, -0.1) is 0 Å². The van der Waals surface area contributed by atoms with Gasteiger partial charge in [0.05, 0.1) is 0 Å². The molecule has 0 bridgehead atoms. The molecule has 0 radical (unpaired) electrons. The molecule has 3 aromatic rings. The Kier molecular flexibility index (Phi) is 6.77. The molecule has 0 saturated heterocycles. The molecular formula is C24H27N3S. The maximum Gasteiger partial charge on any atom is 0.174 e. The van der Waals surface area contributed by atoms with Crippen LogP contribution in [0.2, 0.25) is 0 Å². The van der Waals surface area contributed by atoms with Crippen LogP contribution in [0.15, 0.2) is 67.0 Å². The summed E-state index contributed by atoms with van der Waals surface area (Å²) < 4.78 is 0. The van der Waals surface area contributed by atoms with Gasteiger partial charge < -0.3 is 10.2 Å². The molecule has 0 aliphatic heterocycles. The molecule has 0 unspecified atom stereocenters. The van der Waals surface area contributed by atoms with Crippen LogP contribution in [0.5, 0.6) is 0 Å². The maximum atomic E-state index is 5.84. The molecule has 1 heterocycles. The summed E-state index contributed by atoms with van der Waals surface area (Å²) in [4.78, 5) is 6.45. The molecule has 0 amide bonds. The number of nitrogens with one attached hydrogen (secondary N) is 1. The van der Waals surface area contributed by atoms with E-state index in [1.165, 1.54) is 22.3 Å². The Bertz CT molecular complexity index is 920. The minimum atomic E-state index is 0.709. The number of aromatic nitrogens is 1. The lowest BCUT2D eigenvalue weighted by Gasteiger charge is -2.27. The van der Waals surface area contributed by atoms with E-state index in [-0.39, 0.29) is 0 Å². The number of anilines is 1. The number of nitrogens with zero attached hydrogens (tertiary/aromatic N) is 2. The van der Waals surface area contributed by atoms with E-state index in [0.29, 0.717) is 6.54 Å². The summed E-state index contributed by atoms with van der Waals surface area (Å²) in [6.07, 6.45) is 4.66. The maximum absolute atomic E-state index is 5.84. The van der Waals surface area contributed by atoms with Gasteiger partial charge in [0.1, 0.15) is 0 Å². The molecule has 1 aromatic heterocycles. The summed E-state index contributed by atoms with van der Waals surface area (Å²) in [6, 6.07) is 19.0. The number of aryl methyl sites for hydroxylation is 3. The highest BCUT2D eigenvalue weighted by Gasteiger charge is 2.14. The van der Waals surface area contributed by atoms with Gasteiger partial charge in [0.2, 0.25) is 0 Å². The lowest BCUT2D eigenvalue weighted by atomic mass is 10.1. The summed E-state index contributed by atoms with van der Waals surface area (Å²) in [7, 11) is 0. The first-order valence-electron chi connectivity index (χ1n) is 9.65. The van der Waals surface area contributed by atoms with E-state index in [9.17, 15) is 0 Å². The zero-order valence-electron chi connectivity index (χ0n) is 16.8. The Hall–Kier alpha value is -2.72. The molecule has 0 aliphatic rings. The summed E-state index contributed by atoms with van der Waals surface area (Å²) in [5.74, 6) is 0. The van der Waals surface area contributed by atoms with Crippen LogP contribution in [0, 0.1) is 13.8 Å². The fourth-order valence-electron chi connectivity index (χ4n) is 3.21. The number of hydrogen-bond donors (Lipinski definition) is 1. The largest absolute Gasteiger partial charge is 0.340 e. The highest BCUT2D eigenvalue weighted by Crippen LogP contribution is 2.22. The number of thiocarbonyl (C=S) groups is 1. The zero-order chi connectivity index (χ0) is 19.9. The molecule has 2 aromatic carbocycles. The second-order valence-corrected chi connectivity index (χ2v) is 7.48. The lowest BCUT2D eigenvalue weighted by molar-refractivity contribution is 0.412. The molecule has 0 saturated carbocycles. The summed E-state index contributed by atoms with van der Waals surface area (Å²) in [5, 5.41) is 4.25. The van der Waals surface area contributed by atoms with Crippen molar-refractivity contribution < 1.29 is 0 Å². The van der Waals surface area contributed by atoms with Crippen molar-refractivity contribution in [3.8, 4) is 0 Å². The third kappa shape index (κ3) is 5.17. The molecule has 4 heteroatoms. The minimum absolute atomic E-state index is 0.709. The smallest absolute Gasteiger partial charge is 0.174 e. The fourth-order valence-corrected chi connectivity index (χ4v) is 3.44. The second kappa shape index (κ2) is 9.47. The molecule has 3 rings (SSSR count). The molecule has 0 aliphatic carbocycles. The van der Waals surface area contributed by atoms with E-state index in [0.717, 1.165) is 29.3 Å². The van der Waals surface area contributed by atoms with Gasteiger partial charge in [0.25, 0.3) is 0 Å². The van der Waals surface area contributed by atoms with Gasteiger partial charge in [-0.3, -0.25) is 4.98 Å². The first-order chi connectivity index (χ1) is 13.6. The van der Waals surface area contributed by atoms with Crippen LogP contribution in [-0.4, -0.2) is 15.0 Å². The van der Waals surface area contributed by atoms with Crippen LogP contribution in [-0.2, 0) is 19.5 Å². The molecule has 0 atom stereocenters. The highest BCUT2D eigenvalue weighted by molar-refractivity contribution is 7.80. The molecule has 0 fully saturated rings. The van der Waals surface area contributed by atoms with Crippen molar-refractivity contribution >= 4 is 23.0 Å². The van der Waals surface area contributed by atoms with Crippen molar-refractivity contribution in [2.75, 3.05) is 5.32 Å². The van der Waals surface area contributed by atoms with E-state index in [2.05, 4.69) is 84.5 Å². The first-order valence-corrected chi connectivity index (χ1v) is 10.1. The van der Waals surface area contributed by atoms with Crippen LogP contribution in [0.4, 0.5) is 5.69 Å². The van der Waals surface area contributed by atoms with Gasteiger partial charge >= 0.3 is 0 Å². The van der Waals surface area contributed by atoms with Gasteiger partial charge in [-0.1, -0.05) is 61.0 Å². The number of benzene rings is 2. The average Bonchev–Trinajstić information content (AvgIpc) is 2.71. The van der Waals surface area contributed by atoms with Crippen molar-refractivity contribution in [1.82, 2.24) is 9.88 Å². The fraction of sp³-hybridized carbons (Fsp3) is 0.250. The third-order valence-corrected chi connectivity index (χ3v) is 5.21. The van der Waals surface area contributed by atoms with Crippen molar-refractivity contribution in [3.05, 3.63) is 94.8 Å². The number of rotatable bonds is 6. The van der Waals surface area contributed by atoms with Crippen LogP contribution in [0.25, 0.3) is 0 Å². The Morgan fingerprint density at radius 2 is 1.71 bits per heavy atom. The SMILES string of the molecule is CCc1cccc(C)c1NC(=S)N(Cc1ccc(C)cc1)Cc1cccnc1. The van der Waals surface area contributed by atoms with Crippen molar-refractivity contribution in [3.63, 3.8) is 0 Å². The Balaban J connectivity index is 1.85. The highest BCUT2D eigenvalue weighted by atomic mass is 32.1. The van der Waals surface area contributed by atoms with Crippen LogP contribution < -0.4 is 5.32 Å². The van der Waals surface area contributed by atoms with Gasteiger partial charge in [-0.05, 0) is 60.8 Å². The van der Waals surface area contributed by atoms with Gasteiger partial charge in [-0.2, -0.15) is 0 Å². The van der Waals surface area contributed by atoms with E-state index in [1.807, 2.05) is 12.3 Å². The topological polar surface area (TPSA) is 28.2 Å². The molecule has 1 N–H and O–H groups in total. The minimum Gasteiger partial charge on any atom is -0.340 e. The lowest BCUT2D eigenvalue weighted by Crippen LogP contribution is -2.34. The predicted octanol–water partition coefficient (Wildman–Crippen LogP) is 5.66. The Labute approximate surface area is 173 Å². The Morgan fingerprint density at radius 1 is 0.964 bits per heavy atom. The molecule has 0 spiro atoms. The van der Waals surface area contributed by atoms with E-state index < -0.39 is 0 Å². The van der Waals surface area contributed by atoms with Crippen LogP contribution >= 0.6 is 12.2 Å². The molecule has 3 nitrogen and oxygen atoms in total. The van der Waals surface area contributed by atoms with Crippen molar-refractivity contribution in [2.45, 2.75) is 40.3 Å². The summed E-state index contributed by atoms with van der Waals surface area (Å²) >= 11 is 5.84. The average molecular weight is 390 g/mol. The number of para-hydroxylation sites is 1. The number of pyridine rings is 1. The van der Waals surface area contributed by atoms with E-state index in [4.69, 9.17) is 12.2 Å². The van der Waals surface area contributed by atoms with Crippen molar-refractivity contribution in [2.24, 2.45) is 0 Å². The molecular weight excluding hydrogens is 362 g/mol. The molecule has 144 valence electrons. The normalized spacial score (nSPS) is 10.5. The Morgan fingerprint density at radius 3 is 2.39 bits per heavy atom. The third-order valence-electron chi connectivity index (χ3n) is 4.85. The zero-order valence-corrected chi connectivity index (χ0v) is 17.6. The van der Waals surface area contributed by atoms with Gasteiger partial charge in [-0.25, -0.2) is 0 Å².